The van der Waals surface area contributed by atoms with Crippen LogP contribution in [0, 0.1) is 16.7 Å². The molecule has 0 spiro atoms. The minimum absolute atomic E-state index is 0.154. The number of nitrogens with zero attached hydrogens (tertiary/aromatic N) is 5. The molecule has 278 valence electrons. The van der Waals surface area contributed by atoms with Crippen molar-refractivity contribution < 1.29 is 5.21 Å². The molecule has 1 aliphatic carbocycles. The lowest BCUT2D eigenvalue weighted by molar-refractivity contribution is 0.321. The van der Waals surface area contributed by atoms with Crippen molar-refractivity contribution in [2.45, 2.75) is 0 Å². The van der Waals surface area contributed by atoms with Crippen molar-refractivity contribution in [3.8, 4) is 73.6 Å². The fourth-order valence-corrected chi connectivity index (χ4v) is 7.34. The summed E-state index contributed by atoms with van der Waals surface area (Å²) in [6, 6.07) is 62.1. The Labute approximate surface area is 341 Å². The van der Waals surface area contributed by atoms with Gasteiger partial charge in [0.2, 0.25) is 0 Å². The molecule has 0 bridgehead atoms. The van der Waals surface area contributed by atoms with Gasteiger partial charge >= 0.3 is 0 Å². The van der Waals surface area contributed by atoms with Gasteiger partial charge in [-0.15, -0.1) is 0 Å². The van der Waals surface area contributed by atoms with Crippen LogP contribution in [0.25, 0.3) is 78.7 Å². The van der Waals surface area contributed by atoms with Crippen LogP contribution in [0.5, 0.6) is 0 Å². The predicted octanol–water partition coefficient (Wildman–Crippen LogP) is 12.1. The number of nitriles is 1. The lowest BCUT2D eigenvalue weighted by Gasteiger charge is -2.18. The van der Waals surface area contributed by atoms with Crippen molar-refractivity contribution >= 4 is 22.6 Å². The number of aromatic nitrogens is 3. The lowest BCUT2D eigenvalue weighted by atomic mass is 9.86. The molecule has 0 saturated heterocycles. The number of hydrogen-bond donors (Lipinski definition) is 2. The van der Waals surface area contributed by atoms with E-state index < -0.39 is 0 Å². The van der Waals surface area contributed by atoms with Gasteiger partial charge in [-0.3, -0.25) is 5.41 Å². The van der Waals surface area contributed by atoms with E-state index in [-0.39, 0.29) is 11.4 Å². The van der Waals surface area contributed by atoms with E-state index >= 15 is 0 Å². The summed E-state index contributed by atoms with van der Waals surface area (Å²) in [7, 11) is 0. The Kier molecular flexibility index (Phi) is 9.86. The minimum atomic E-state index is 0.154. The lowest BCUT2D eigenvalue weighted by Crippen LogP contribution is -2.20. The number of hydrogen-bond acceptors (Lipinski definition) is 7. The summed E-state index contributed by atoms with van der Waals surface area (Å²) in [6.07, 6.45) is 3.81. The van der Waals surface area contributed by atoms with Gasteiger partial charge in [0.15, 0.2) is 17.5 Å². The quantitative estimate of drug-likeness (QED) is 0.0908. The highest BCUT2D eigenvalue weighted by atomic mass is 16.4. The first kappa shape index (κ1) is 36.3. The van der Waals surface area contributed by atoms with Gasteiger partial charge in [0, 0.05) is 27.8 Å². The molecule has 2 N–H and O–H groups in total. The average molecular weight is 759 g/mol. The van der Waals surface area contributed by atoms with E-state index in [9.17, 15) is 10.5 Å². The second-order valence-corrected chi connectivity index (χ2v) is 14.0. The van der Waals surface area contributed by atoms with Gasteiger partial charge in [0.1, 0.15) is 5.71 Å². The largest absolute Gasteiger partial charge is 0.410 e. The molecule has 1 heterocycles. The predicted molar refractivity (Wildman–Crippen MR) is 237 cm³/mol. The van der Waals surface area contributed by atoms with E-state index in [1.807, 2.05) is 158 Å². The van der Waals surface area contributed by atoms with Crippen molar-refractivity contribution in [3.05, 3.63) is 211 Å². The van der Waals surface area contributed by atoms with Crippen LogP contribution in [0.2, 0.25) is 0 Å². The molecule has 0 amide bonds. The fourth-order valence-electron chi connectivity index (χ4n) is 7.34. The van der Waals surface area contributed by atoms with Gasteiger partial charge in [-0.05, 0) is 68.8 Å². The van der Waals surface area contributed by atoms with Crippen LogP contribution in [0.4, 0.5) is 0 Å². The first-order valence-electron chi connectivity index (χ1n) is 19.1. The molecule has 9 rings (SSSR count). The Morgan fingerprint density at radius 1 is 0.424 bits per heavy atom. The summed E-state index contributed by atoms with van der Waals surface area (Å²) in [5.41, 5.74) is 12.7. The average Bonchev–Trinajstić information content (AvgIpc) is 3.32. The summed E-state index contributed by atoms with van der Waals surface area (Å²) < 4.78 is 0. The number of oxime groups is 1. The first-order valence-corrected chi connectivity index (χ1v) is 19.1. The van der Waals surface area contributed by atoms with Crippen molar-refractivity contribution in [3.63, 3.8) is 0 Å². The van der Waals surface area contributed by atoms with E-state index in [0.717, 1.165) is 61.2 Å². The van der Waals surface area contributed by atoms with Gasteiger partial charge in [-0.1, -0.05) is 175 Å². The Hall–Kier alpha value is -8.34. The summed E-state index contributed by atoms with van der Waals surface area (Å²) >= 11 is 0. The normalized spacial score (nSPS) is 13.1. The molecule has 0 radical (unpaired) electrons. The molecule has 1 aliphatic rings. The minimum Gasteiger partial charge on any atom is -0.410 e. The maximum Gasteiger partial charge on any atom is 0.164 e. The fraction of sp³-hybridized carbons (Fsp3) is 0. The smallest absolute Gasteiger partial charge is 0.164 e. The zero-order valence-electron chi connectivity index (χ0n) is 31.7. The van der Waals surface area contributed by atoms with Crippen molar-refractivity contribution in [1.82, 2.24) is 15.0 Å². The van der Waals surface area contributed by atoms with Crippen LogP contribution in [-0.2, 0) is 0 Å². The van der Waals surface area contributed by atoms with E-state index in [1.165, 1.54) is 0 Å². The van der Waals surface area contributed by atoms with Crippen LogP contribution >= 0.6 is 0 Å². The summed E-state index contributed by atoms with van der Waals surface area (Å²) in [5.74, 6) is 1.68. The number of benzene rings is 7. The van der Waals surface area contributed by atoms with E-state index in [4.69, 9.17) is 20.4 Å². The maximum atomic E-state index is 9.96. The Bertz CT molecular complexity index is 3000. The van der Waals surface area contributed by atoms with Crippen molar-refractivity contribution in [2.24, 2.45) is 5.16 Å². The standard InChI is InChI=1S/C52H34N6O/c53-33-34-21-23-35(24-22-34)40-15-9-17-42(31-40)44-19-7-8-20-47(44)52-56-50(38-13-5-2-6-14-38)55-51(57-52)39-27-25-36(26-28-39)41-16-10-18-43(32-41)45-29-30-46(49(58-59)48(45)54)37-11-3-1-4-12-37/h1-32,54,59H/b54-48?,58-49-. The summed E-state index contributed by atoms with van der Waals surface area (Å²) in [4.78, 5) is 15.1. The molecule has 0 unspecified atom stereocenters. The zero-order chi connectivity index (χ0) is 40.1. The molecule has 1 aromatic heterocycles. The van der Waals surface area contributed by atoms with Crippen LogP contribution < -0.4 is 0 Å². The van der Waals surface area contributed by atoms with Crippen LogP contribution in [-0.4, -0.2) is 31.6 Å². The molecule has 0 saturated carbocycles. The first-order chi connectivity index (χ1) is 29.1. The Morgan fingerprint density at radius 2 is 0.881 bits per heavy atom. The van der Waals surface area contributed by atoms with Gasteiger partial charge in [0.05, 0.1) is 17.3 Å². The van der Waals surface area contributed by atoms with E-state index in [2.05, 4.69) is 47.6 Å². The second-order valence-electron chi connectivity index (χ2n) is 14.0. The Morgan fingerprint density at radius 3 is 1.51 bits per heavy atom. The molecule has 0 fully saturated rings. The van der Waals surface area contributed by atoms with Gasteiger partial charge in [0.25, 0.3) is 0 Å². The van der Waals surface area contributed by atoms with Gasteiger partial charge in [-0.25, -0.2) is 15.0 Å². The van der Waals surface area contributed by atoms with E-state index in [0.29, 0.717) is 34.2 Å². The van der Waals surface area contributed by atoms with Crippen molar-refractivity contribution in [1.29, 1.82) is 10.7 Å². The molecule has 59 heavy (non-hydrogen) atoms. The molecule has 7 aromatic carbocycles. The third-order valence-corrected chi connectivity index (χ3v) is 10.4. The van der Waals surface area contributed by atoms with E-state index in [1.54, 1.807) is 0 Å². The molecule has 0 aliphatic heterocycles. The molecule has 7 heteroatoms. The third-order valence-electron chi connectivity index (χ3n) is 10.4. The second kappa shape index (κ2) is 16.0. The zero-order valence-corrected chi connectivity index (χ0v) is 31.7. The molecule has 0 atom stereocenters. The molecule has 8 aromatic rings. The Balaban J connectivity index is 1.07. The highest BCUT2D eigenvalue weighted by molar-refractivity contribution is 6.69. The molecule has 7 nitrogen and oxygen atoms in total. The maximum absolute atomic E-state index is 9.96. The summed E-state index contributed by atoms with van der Waals surface area (Å²) in [6.45, 7) is 0. The highest BCUT2D eigenvalue weighted by Gasteiger charge is 2.24. The van der Waals surface area contributed by atoms with Crippen molar-refractivity contribution in [2.75, 3.05) is 0 Å². The molecular formula is C52H34N6O. The number of nitrogens with one attached hydrogen (secondary N) is 1. The topological polar surface area (TPSA) is 119 Å². The van der Waals surface area contributed by atoms with Crippen LogP contribution in [0.1, 0.15) is 16.7 Å². The van der Waals surface area contributed by atoms with Gasteiger partial charge < -0.3 is 5.21 Å². The molecular weight excluding hydrogens is 725 g/mol. The van der Waals surface area contributed by atoms with Crippen LogP contribution in [0.3, 0.4) is 0 Å². The van der Waals surface area contributed by atoms with Gasteiger partial charge in [-0.2, -0.15) is 5.26 Å². The summed E-state index contributed by atoms with van der Waals surface area (Å²) in [5, 5.41) is 31.8. The van der Waals surface area contributed by atoms with Crippen LogP contribution in [0.15, 0.2) is 199 Å². The highest BCUT2D eigenvalue weighted by Crippen LogP contribution is 2.36. The number of allylic oxidation sites excluding steroid dienone is 4. The number of rotatable bonds is 8. The SMILES string of the molecule is N#Cc1ccc(-c2cccc(-c3ccccc3-c3nc(-c4ccccc4)nc(-c4ccc(-c5cccc(C6=CC=C(c7ccccc7)/C(=N/O)C6=N)c5)cc4)n3)c2)cc1. The monoisotopic (exact) mass is 758 g/mol. The third kappa shape index (κ3) is 7.38.